The van der Waals surface area contributed by atoms with Crippen LogP contribution in [0.25, 0.3) is 0 Å². The molecule has 3 heterocycles. The third kappa shape index (κ3) is 7.19. The molecule has 0 radical (unpaired) electrons. The molecule has 3 rings (SSSR count). The molecule has 1 atom stereocenters. The third-order valence-electron chi connectivity index (χ3n) is 5.04. The topological polar surface area (TPSA) is 87.7 Å². The van der Waals surface area contributed by atoms with Gasteiger partial charge in [-0.2, -0.15) is 5.10 Å². The minimum absolute atomic E-state index is 0. The fourth-order valence-corrected chi connectivity index (χ4v) is 3.52. The second-order valence-electron chi connectivity index (χ2n) is 7.03. The van der Waals surface area contributed by atoms with Gasteiger partial charge in [0.05, 0.1) is 13.2 Å². The van der Waals surface area contributed by atoms with Crippen LogP contribution < -0.4 is 5.32 Å². The number of likely N-dealkylation sites (tertiary alicyclic amines) is 1. The van der Waals surface area contributed by atoms with Gasteiger partial charge in [-0.25, -0.2) is 4.98 Å². The normalized spacial score (nSPS) is 21.3. The standard InChI is InChI=1S/C18H32N6O2.HI/c1-2-19-18(20-7-3-10-25-12-15-6-11-26-13-15)24-8-4-16(5-9-24)17-21-14-22-23-17;/h14-16H,2-13H2,1H3,(H,19,20)(H,21,22,23);1H. The summed E-state index contributed by atoms with van der Waals surface area (Å²) in [5, 5.41) is 10.4. The number of guanidine groups is 1. The van der Waals surface area contributed by atoms with Gasteiger partial charge in [-0.05, 0) is 32.6 Å². The minimum atomic E-state index is 0. The van der Waals surface area contributed by atoms with Crippen molar-refractivity contribution in [1.29, 1.82) is 0 Å². The smallest absolute Gasteiger partial charge is 0.193 e. The predicted octanol–water partition coefficient (Wildman–Crippen LogP) is 2.01. The van der Waals surface area contributed by atoms with Crippen molar-refractivity contribution in [2.24, 2.45) is 10.9 Å². The summed E-state index contributed by atoms with van der Waals surface area (Å²) in [6.07, 6.45) is 5.83. The molecule has 0 saturated carbocycles. The maximum Gasteiger partial charge on any atom is 0.193 e. The number of hydrogen-bond donors (Lipinski definition) is 2. The van der Waals surface area contributed by atoms with Gasteiger partial charge in [0.1, 0.15) is 12.2 Å². The maximum absolute atomic E-state index is 5.76. The second kappa shape index (κ2) is 12.5. The van der Waals surface area contributed by atoms with Gasteiger partial charge in [-0.3, -0.25) is 10.1 Å². The third-order valence-corrected chi connectivity index (χ3v) is 5.04. The highest BCUT2D eigenvalue weighted by atomic mass is 127. The van der Waals surface area contributed by atoms with Crippen LogP contribution in [0.4, 0.5) is 0 Å². The highest BCUT2D eigenvalue weighted by Gasteiger charge is 2.24. The average molecular weight is 492 g/mol. The van der Waals surface area contributed by atoms with E-state index >= 15 is 0 Å². The largest absolute Gasteiger partial charge is 0.381 e. The van der Waals surface area contributed by atoms with E-state index in [2.05, 4.69) is 32.3 Å². The molecule has 8 nitrogen and oxygen atoms in total. The van der Waals surface area contributed by atoms with Gasteiger partial charge < -0.3 is 19.7 Å². The number of aromatic nitrogens is 3. The summed E-state index contributed by atoms with van der Waals surface area (Å²) < 4.78 is 11.1. The van der Waals surface area contributed by atoms with Crippen LogP contribution in [-0.4, -0.2) is 78.6 Å². The maximum atomic E-state index is 5.76. The molecule has 1 unspecified atom stereocenters. The SMILES string of the molecule is CCNC(=NCCCOCC1CCOC1)N1CCC(c2ncn[nH]2)CC1.I. The second-order valence-corrected chi connectivity index (χ2v) is 7.03. The van der Waals surface area contributed by atoms with Gasteiger partial charge in [-0.15, -0.1) is 24.0 Å². The predicted molar refractivity (Wildman–Crippen MR) is 116 cm³/mol. The molecular weight excluding hydrogens is 459 g/mol. The van der Waals surface area contributed by atoms with Crippen LogP contribution in [0.3, 0.4) is 0 Å². The average Bonchev–Trinajstić information content (AvgIpc) is 3.38. The van der Waals surface area contributed by atoms with Gasteiger partial charge >= 0.3 is 0 Å². The molecule has 2 aliphatic heterocycles. The Bertz CT molecular complexity index is 528. The highest BCUT2D eigenvalue weighted by Crippen LogP contribution is 2.24. The Labute approximate surface area is 178 Å². The lowest BCUT2D eigenvalue weighted by Crippen LogP contribution is -2.45. The molecule has 0 bridgehead atoms. The number of halogens is 1. The summed E-state index contributed by atoms with van der Waals surface area (Å²) in [7, 11) is 0. The van der Waals surface area contributed by atoms with E-state index in [1.54, 1.807) is 6.33 Å². The van der Waals surface area contributed by atoms with E-state index in [0.29, 0.717) is 11.8 Å². The number of aliphatic imine (C=N–C) groups is 1. The number of H-pyrrole nitrogens is 1. The summed E-state index contributed by atoms with van der Waals surface area (Å²) >= 11 is 0. The number of ether oxygens (including phenoxy) is 2. The van der Waals surface area contributed by atoms with Crippen molar-refractivity contribution in [2.45, 2.75) is 38.5 Å². The Kier molecular flexibility index (Phi) is 10.4. The molecule has 9 heteroatoms. The van der Waals surface area contributed by atoms with E-state index in [0.717, 1.165) is 90.1 Å². The lowest BCUT2D eigenvalue weighted by atomic mass is 9.96. The summed E-state index contributed by atoms with van der Waals surface area (Å²) in [5.74, 6) is 3.09. The van der Waals surface area contributed by atoms with Gasteiger partial charge in [0, 0.05) is 51.2 Å². The van der Waals surface area contributed by atoms with Crippen molar-refractivity contribution in [2.75, 3.05) is 52.6 Å². The molecule has 0 spiro atoms. The molecule has 0 aromatic carbocycles. The van der Waals surface area contributed by atoms with Crippen LogP contribution in [-0.2, 0) is 9.47 Å². The van der Waals surface area contributed by atoms with Crippen LogP contribution in [0.5, 0.6) is 0 Å². The zero-order valence-corrected chi connectivity index (χ0v) is 18.6. The molecule has 0 aliphatic carbocycles. The van der Waals surface area contributed by atoms with Crippen LogP contribution in [0, 0.1) is 5.92 Å². The molecule has 27 heavy (non-hydrogen) atoms. The molecule has 2 fully saturated rings. The van der Waals surface area contributed by atoms with Gasteiger partial charge in [0.25, 0.3) is 0 Å². The van der Waals surface area contributed by atoms with E-state index in [9.17, 15) is 0 Å². The fourth-order valence-electron chi connectivity index (χ4n) is 3.52. The number of nitrogens with one attached hydrogen (secondary N) is 2. The molecule has 2 saturated heterocycles. The first-order valence-electron chi connectivity index (χ1n) is 9.90. The number of aromatic amines is 1. The van der Waals surface area contributed by atoms with Crippen molar-refractivity contribution in [3.05, 3.63) is 12.2 Å². The zero-order valence-electron chi connectivity index (χ0n) is 16.2. The van der Waals surface area contributed by atoms with Gasteiger partial charge in [0.2, 0.25) is 0 Å². The van der Waals surface area contributed by atoms with E-state index in [4.69, 9.17) is 14.5 Å². The summed E-state index contributed by atoms with van der Waals surface area (Å²) in [6, 6.07) is 0. The Morgan fingerprint density at radius 1 is 1.41 bits per heavy atom. The number of rotatable bonds is 8. The van der Waals surface area contributed by atoms with Crippen molar-refractivity contribution in [3.8, 4) is 0 Å². The Morgan fingerprint density at radius 3 is 2.93 bits per heavy atom. The van der Waals surface area contributed by atoms with Gasteiger partial charge in [0.15, 0.2) is 5.96 Å². The molecule has 1 aromatic heterocycles. The van der Waals surface area contributed by atoms with Crippen molar-refractivity contribution in [3.63, 3.8) is 0 Å². The quantitative estimate of drug-likeness (QED) is 0.250. The first-order valence-corrected chi connectivity index (χ1v) is 9.90. The lowest BCUT2D eigenvalue weighted by molar-refractivity contribution is 0.0893. The Balaban J connectivity index is 0.00000261. The number of nitrogens with zero attached hydrogens (tertiary/aromatic N) is 4. The van der Waals surface area contributed by atoms with E-state index in [1.807, 2.05) is 0 Å². The summed E-state index contributed by atoms with van der Waals surface area (Å²) in [6.45, 7) is 9.12. The monoisotopic (exact) mass is 492 g/mol. The minimum Gasteiger partial charge on any atom is -0.381 e. The summed E-state index contributed by atoms with van der Waals surface area (Å²) in [4.78, 5) is 11.4. The molecular formula is C18H33IN6O2. The van der Waals surface area contributed by atoms with Gasteiger partial charge in [-0.1, -0.05) is 0 Å². The first kappa shape index (κ1) is 22.4. The molecule has 0 amide bonds. The lowest BCUT2D eigenvalue weighted by Gasteiger charge is -2.33. The van der Waals surface area contributed by atoms with E-state index in [1.165, 1.54) is 0 Å². The number of hydrogen-bond acceptors (Lipinski definition) is 5. The molecule has 2 aliphatic rings. The van der Waals surface area contributed by atoms with E-state index in [-0.39, 0.29) is 24.0 Å². The van der Waals surface area contributed by atoms with Crippen molar-refractivity contribution in [1.82, 2.24) is 25.4 Å². The highest BCUT2D eigenvalue weighted by molar-refractivity contribution is 14.0. The molecule has 2 N–H and O–H groups in total. The van der Waals surface area contributed by atoms with Crippen molar-refractivity contribution < 1.29 is 9.47 Å². The summed E-state index contributed by atoms with van der Waals surface area (Å²) in [5.41, 5.74) is 0. The Hall–Kier alpha value is -0.940. The van der Waals surface area contributed by atoms with Crippen LogP contribution in [0.15, 0.2) is 11.3 Å². The van der Waals surface area contributed by atoms with E-state index < -0.39 is 0 Å². The zero-order chi connectivity index (χ0) is 18.0. The van der Waals surface area contributed by atoms with Crippen LogP contribution >= 0.6 is 24.0 Å². The van der Waals surface area contributed by atoms with Crippen LogP contribution in [0.2, 0.25) is 0 Å². The fraction of sp³-hybridized carbons (Fsp3) is 0.833. The number of piperidine rings is 1. The Morgan fingerprint density at radius 2 is 2.26 bits per heavy atom. The molecule has 154 valence electrons. The first-order chi connectivity index (χ1) is 12.9. The van der Waals surface area contributed by atoms with Crippen LogP contribution in [0.1, 0.15) is 44.3 Å². The molecule has 1 aromatic rings. The van der Waals surface area contributed by atoms with Crippen molar-refractivity contribution >= 4 is 29.9 Å².